The fraction of sp³-hybridized carbons (Fsp3) is 0.538. The summed E-state index contributed by atoms with van der Waals surface area (Å²) in [4.78, 5) is 8.78. The van der Waals surface area contributed by atoms with E-state index in [1.54, 1.807) is 21.3 Å². The fourth-order valence-corrected chi connectivity index (χ4v) is 3.33. The molecular weight excluding hydrogens is 335 g/mol. The van der Waals surface area contributed by atoms with Crippen molar-refractivity contribution >= 4 is 14.8 Å². The van der Waals surface area contributed by atoms with Crippen LogP contribution in [0.5, 0.6) is 0 Å². The summed E-state index contributed by atoms with van der Waals surface area (Å²) in [5.41, 5.74) is 1.24. The first-order chi connectivity index (χ1) is 10.6. The molecule has 23 heavy (non-hydrogen) atoms. The molecule has 0 radical (unpaired) electrons. The number of rotatable bonds is 6. The van der Waals surface area contributed by atoms with E-state index in [2.05, 4.69) is 10.6 Å². The lowest BCUT2D eigenvalue weighted by molar-refractivity contribution is -0.679. The molecule has 0 amide bonds. The zero-order chi connectivity index (χ0) is 18.1. The van der Waals surface area contributed by atoms with Crippen LogP contribution in [0.3, 0.4) is 0 Å². The van der Waals surface area contributed by atoms with Crippen LogP contribution in [0.2, 0.25) is 6.04 Å². The third-order valence-corrected chi connectivity index (χ3v) is 5.74. The lowest BCUT2D eigenvalue weighted by atomic mass is 10.3. The second-order valence-corrected chi connectivity index (χ2v) is 7.47. The van der Waals surface area contributed by atoms with Gasteiger partial charge < -0.3 is 23.2 Å². The van der Waals surface area contributed by atoms with Gasteiger partial charge in [0.15, 0.2) is 11.9 Å². The van der Waals surface area contributed by atoms with Crippen molar-refractivity contribution in [3.8, 4) is 0 Å². The van der Waals surface area contributed by atoms with Crippen LogP contribution in [-0.2, 0) is 31.5 Å². The highest BCUT2D eigenvalue weighted by Gasteiger charge is 2.38. The Hall–Kier alpha value is -1.49. The van der Waals surface area contributed by atoms with E-state index in [0.717, 1.165) is 12.5 Å². The normalized spacial score (nSPS) is 11.6. The van der Waals surface area contributed by atoms with Gasteiger partial charge in [-0.05, 0) is 0 Å². The quantitative estimate of drug-likeness (QED) is 0.540. The van der Waals surface area contributed by atoms with Crippen LogP contribution in [0.4, 0.5) is 13.2 Å². The molecule has 1 heterocycles. The summed E-state index contributed by atoms with van der Waals surface area (Å²) in [6.07, 6.45) is -2.27. The van der Waals surface area contributed by atoms with Crippen LogP contribution in [-0.4, -0.2) is 42.3 Å². The first kappa shape index (κ1) is 21.5. The molecule has 0 saturated carbocycles. The van der Waals surface area contributed by atoms with E-state index in [1.807, 2.05) is 25.4 Å². The summed E-state index contributed by atoms with van der Waals surface area (Å²) >= 11 is 0. The Balaban J connectivity index is 0.000000585. The van der Waals surface area contributed by atoms with E-state index in [0.29, 0.717) is 0 Å². The van der Waals surface area contributed by atoms with Gasteiger partial charge in [0.1, 0.15) is 13.0 Å². The number of aliphatic carboxylic acids is 1. The van der Waals surface area contributed by atoms with Gasteiger partial charge in [-0.25, -0.2) is 4.57 Å². The monoisotopic (exact) mass is 355 g/mol. The summed E-state index contributed by atoms with van der Waals surface area (Å²) < 4.78 is 49.8. The van der Waals surface area contributed by atoms with Gasteiger partial charge in [-0.1, -0.05) is 6.07 Å². The van der Waals surface area contributed by atoms with Gasteiger partial charge in [-0.2, -0.15) is 13.2 Å². The van der Waals surface area contributed by atoms with Crippen LogP contribution >= 0.6 is 0 Å². The van der Waals surface area contributed by atoms with Crippen molar-refractivity contribution in [2.24, 2.45) is 7.05 Å². The molecule has 1 rings (SSSR count). The SMILES string of the molecule is CO[Si](CCc1cccc[n+]1C)(OC)OC.O=C([O-])C(F)(F)F. The number of alkyl halides is 3. The van der Waals surface area contributed by atoms with Crippen molar-refractivity contribution in [3.05, 3.63) is 30.1 Å². The standard InChI is InChI=1S/C11H20NO3Si.C2HF3O2/c1-12-9-6-5-7-11(12)8-10-16(13-2,14-3)15-4;3-2(4,5)1(6)7/h5-7,9H,8,10H2,1-4H3;(H,6,7)/q+1;/p-1. The Morgan fingerprint density at radius 2 is 1.70 bits per heavy atom. The molecule has 0 bridgehead atoms. The van der Waals surface area contributed by atoms with Crippen molar-refractivity contribution in [1.29, 1.82) is 0 Å². The third kappa shape index (κ3) is 7.55. The minimum Gasteiger partial charge on any atom is -0.542 e. The molecule has 0 unspecified atom stereocenters. The number of hydrogen-bond acceptors (Lipinski definition) is 5. The number of aryl methyl sites for hydroxylation is 2. The minimum absolute atomic E-state index is 0.786. The third-order valence-electron chi connectivity index (χ3n) is 3.01. The molecule has 0 aliphatic heterocycles. The number of carboxylic acid groups (broad SMARTS) is 1. The number of halogens is 3. The summed E-state index contributed by atoms with van der Waals surface area (Å²) in [5.74, 6) is -3.01. The average Bonchev–Trinajstić information content (AvgIpc) is 2.50. The number of carboxylic acids is 1. The second-order valence-electron chi connectivity index (χ2n) is 4.38. The zero-order valence-corrected chi connectivity index (χ0v) is 14.3. The molecule has 0 fully saturated rings. The van der Waals surface area contributed by atoms with Gasteiger partial charge >= 0.3 is 15.0 Å². The zero-order valence-electron chi connectivity index (χ0n) is 13.3. The van der Waals surface area contributed by atoms with E-state index in [1.165, 1.54) is 5.69 Å². The van der Waals surface area contributed by atoms with Crippen LogP contribution in [0.15, 0.2) is 24.4 Å². The highest BCUT2D eigenvalue weighted by molar-refractivity contribution is 6.60. The molecule has 1 aromatic heterocycles. The minimum atomic E-state index is -5.19. The first-order valence-corrected chi connectivity index (χ1v) is 8.42. The highest BCUT2D eigenvalue weighted by atomic mass is 28.4. The lowest BCUT2D eigenvalue weighted by Gasteiger charge is -2.23. The summed E-state index contributed by atoms with van der Waals surface area (Å²) in [6.45, 7) is 0. The first-order valence-electron chi connectivity index (χ1n) is 6.49. The fourth-order valence-electron chi connectivity index (χ4n) is 1.66. The Morgan fingerprint density at radius 1 is 1.22 bits per heavy atom. The molecule has 10 heteroatoms. The number of carbonyl (C=O) groups excluding carboxylic acids is 1. The van der Waals surface area contributed by atoms with Crippen molar-refractivity contribution < 1.29 is 40.9 Å². The maximum atomic E-state index is 10.5. The van der Waals surface area contributed by atoms with Gasteiger partial charge in [-0.3, -0.25) is 0 Å². The smallest absolute Gasteiger partial charge is 0.500 e. The number of pyridine rings is 1. The number of hydrogen-bond donors (Lipinski definition) is 0. The van der Waals surface area contributed by atoms with Gasteiger partial charge in [0.2, 0.25) is 0 Å². The van der Waals surface area contributed by atoms with E-state index in [4.69, 9.17) is 23.2 Å². The van der Waals surface area contributed by atoms with Crippen molar-refractivity contribution in [3.63, 3.8) is 0 Å². The molecule has 0 spiro atoms. The predicted octanol–water partition coefficient (Wildman–Crippen LogP) is 0.230. The molecule has 0 saturated heterocycles. The highest BCUT2D eigenvalue weighted by Crippen LogP contribution is 2.15. The van der Waals surface area contributed by atoms with Crippen molar-refractivity contribution in [1.82, 2.24) is 0 Å². The van der Waals surface area contributed by atoms with E-state index < -0.39 is 21.0 Å². The molecule has 0 N–H and O–H groups in total. The number of carbonyl (C=O) groups is 1. The van der Waals surface area contributed by atoms with E-state index in [-0.39, 0.29) is 0 Å². The number of nitrogens with zero attached hydrogens (tertiary/aromatic N) is 1. The van der Waals surface area contributed by atoms with Gasteiger partial charge in [-0.15, -0.1) is 0 Å². The molecule has 0 atom stereocenters. The van der Waals surface area contributed by atoms with Gasteiger partial charge in [0.25, 0.3) is 0 Å². The summed E-state index contributed by atoms with van der Waals surface area (Å²) in [7, 11) is 4.53. The lowest BCUT2D eigenvalue weighted by Crippen LogP contribution is -2.44. The van der Waals surface area contributed by atoms with E-state index >= 15 is 0 Å². The molecule has 1 aromatic rings. The topological polar surface area (TPSA) is 71.7 Å². The molecule has 132 valence electrons. The van der Waals surface area contributed by atoms with Gasteiger partial charge in [0.05, 0.1) is 0 Å². The summed E-state index contributed by atoms with van der Waals surface area (Å²) in [6, 6.07) is 6.93. The predicted molar refractivity (Wildman–Crippen MR) is 74.0 cm³/mol. The largest absolute Gasteiger partial charge is 0.542 e. The number of aromatic nitrogens is 1. The second kappa shape index (κ2) is 9.60. The van der Waals surface area contributed by atoms with Crippen LogP contribution in [0, 0.1) is 0 Å². The molecule has 0 aliphatic rings. The van der Waals surface area contributed by atoms with Crippen molar-refractivity contribution in [2.75, 3.05) is 21.3 Å². The Labute approximate surface area is 133 Å². The molecule has 0 aromatic carbocycles. The maximum Gasteiger partial charge on any atom is 0.500 e. The van der Waals surface area contributed by atoms with Crippen LogP contribution in [0.25, 0.3) is 0 Å². The van der Waals surface area contributed by atoms with Crippen LogP contribution < -0.4 is 9.67 Å². The summed E-state index contributed by atoms with van der Waals surface area (Å²) in [5, 5.41) is 8.78. The Morgan fingerprint density at radius 3 is 2.04 bits per heavy atom. The van der Waals surface area contributed by atoms with Crippen molar-refractivity contribution in [2.45, 2.75) is 18.6 Å². The van der Waals surface area contributed by atoms with E-state index in [9.17, 15) is 13.2 Å². The molecule has 0 aliphatic carbocycles. The molecular formula is C13H20F3NO5Si. The average molecular weight is 355 g/mol. The molecule has 6 nitrogen and oxygen atoms in total. The Bertz CT molecular complexity index is 486. The maximum absolute atomic E-state index is 10.5. The van der Waals surface area contributed by atoms with Gasteiger partial charge in [0, 0.05) is 45.9 Å². The Kier molecular flexibility index (Phi) is 8.98. The van der Waals surface area contributed by atoms with Crippen LogP contribution in [0.1, 0.15) is 5.69 Å².